The highest BCUT2D eigenvalue weighted by molar-refractivity contribution is 7.67. The quantitative estimate of drug-likeness (QED) is 0.536. The lowest BCUT2D eigenvalue weighted by molar-refractivity contribution is -0.180. The van der Waals surface area contributed by atoms with E-state index in [0.717, 1.165) is 19.3 Å². The van der Waals surface area contributed by atoms with Crippen molar-refractivity contribution in [3.8, 4) is 0 Å². The molecule has 0 saturated heterocycles. The molecule has 0 aromatic rings. The van der Waals surface area contributed by atoms with Crippen molar-refractivity contribution < 1.29 is 31.7 Å². The maximum atomic E-state index is 12.4. The Morgan fingerprint density at radius 2 is 1.96 bits per heavy atom. The number of fused-ring (bicyclic) bond motifs is 2. The monoisotopic (exact) mass is 376 g/mol. The highest BCUT2D eigenvalue weighted by Crippen LogP contribution is 2.56. The number of esters is 2. The van der Waals surface area contributed by atoms with Crippen molar-refractivity contribution in [3.63, 3.8) is 0 Å². The van der Waals surface area contributed by atoms with Crippen LogP contribution in [0.2, 0.25) is 0 Å². The van der Waals surface area contributed by atoms with Gasteiger partial charge in [-0.05, 0) is 57.8 Å². The van der Waals surface area contributed by atoms with E-state index < -0.39 is 46.7 Å². The van der Waals surface area contributed by atoms with Gasteiger partial charge in [-0.25, -0.2) is 13.2 Å². The summed E-state index contributed by atoms with van der Waals surface area (Å²) in [6.45, 7) is 8.78. The van der Waals surface area contributed by atoms with E-state index >= 15 is 0 Å². The summed E-state index contributed by atoms with van der Waals surface area (Å²) >= 11 is 0. The molecule has 2 saturated carbocycles. The zero-order chi connectivity index (χ0) is 19.0. The summed E-state index contributed by atoms with van der Waals surface area (Å²) in [5, 5.41) is 0. The molecule has 5 atom stereocenters. The zero-order valence-electron chi connectivity index (χ0n) is 15.4. The number of carbonyl (C=O) groups is 2. The molecule has 0 aromatic heterocycles. The summed E-state index contributed by atoms with van der Waals surface area (Å²) in [7, 11) is -3.03. The highest BCUT2D eigenvalue weighted by atomic mass is 32.2. The second kappa shape index (κ2) is 7.23. The molecule has 144 valence electrons. The van der Waals surface area contributed by atoms with Gasteiger partial charge in [-0.1, -0.05) is 13.8 Å². The SMILES string of the molecule is CCC(C)(C)C(=O)OC(C)C(=O)OC1C2CCC(C)(C2)C1O[SH](=O)=O. The van der Waals surface area contributed by atoms with Crippen molar-refractivity contribution in [2.45, 2.75) is 78.6 Å². The summed E-state index contributed by atoms with van der Waals surface area (Å²) in [5.41, 5.74) is -0.990. The van der Waals surface area contributed by atoms with Gasteiger partial charge < -0.3 is 9.47 Å². The van der Waals surface area contributed by atoms with E-state index in [4.69, 9.17) is 13.7 Å². The minimum absolute atomic E-state index is 0.0730. The Bertz CT molecular complexity index is 604. The van der Waals surface area contributed by atoms with Crippen LogP contribution in [0.4, 0.5) is 0 Å². The standard InChI is InChI=1S/C17H28O7S/c1-6-16(3,4)15(19)22-10(2)14(18)23-12-11-7-8-17(5,9-11)13(12)24-25(20)21/h10-13,25H,6-9H2,1-5H3. The molecule has 2 aliphatic carbocycles. The summed E-state index contributed by atoms with van der Waals surface area (Å²) in [6.07, 6.45) is 0.701. The maximum absolute atomic E-state index is 12.4. The van der Waals surface area contributed by atoms with Gasteiger partial charge >= 0.3 is 11.9 Å². The number of rotatable bonds is 7. The van der Waals surface area contributed by atoms with E-state index in [1.165, 1.54) is 6.92 Å². The number of ether oxygens (including phenoxy) is 2. The Kier molecular flexibility index (Phi) is 5.83. The molecule has 25 heavy (non-hydrogen) atoms. The van der Waals surface area contributed by atoms with E-state index in [0.29, 0.717) is 6.42 Å². The fraction of sp³-hybridized carbons (Fsp3) is 0.882. The fourth-order valence-electron chi connectivity index (χ4n) is 3.68. The van der Waals surface area contributed by atoms with Gasteiger partial charge in [0.1, 0.15) is 12.2 Å². The molecule has 2 aliphatic rings. The number of thiol groups is 1. The largest absolute Gasteiger partial charge is 0.457 e. The Morgan fingerprint density at radius 1 is 1.32 bits per heavy atom. The lowest BCUT2D eigenvalue weighted by atomic mass is 9.83. The molecular formula is C17H28O7S. The molecule has 5 unspecified atom stereocenters. The fourth-order valence-corrected chi connectivity index (χ4v) is 4.24. The van der Waals surface area contributed by atoms with Crippen LogP contribution in [0.3, 0.4) is 0 Å². The van der Waals surface area contributed by atoms with E-state index in [1.807, 2.05) is 13.8 Å². The molecule has 0 radical (unpaired) electrons. The smallest absolute Gasteiger partial charge is 0.347 e. The van der Waals surface area contributed by atoms with Crippen LogP contribution in [0, 0.1) is 16.7 Å². The average Bonchev–Trinajstić information content (AvgIpc) is 3.02. The lowest BCUT2D eigenvalue weighted by Gasteiger charge is -2.34. The van der Waals surface area contributed by atoms with Crippen molar-refractivity contribution in [1.82, 2.24) is 0 Å². The van der Waals surface area contributed by atoms with Crippen LogP contribution in [0.1, 0.15) is 60.3 Å². The van der Waals surface area contributed by atoms with Crippen LogP contribution < -0.4 is 0 Å². The van der Waals surface area contributed by atoms with Crippen molar-refractivity contribution >= 4 is 22.9 Å². The third kappa shape index (κ3) is 4.16. The molecule has 2 rings (SSSR count). The third-order valence-corrected chi connectivity index (χ3v) is 6.17. The molecule has 0 spiro atoms. The summed E-state index contributed by atoms with van der Waals surface area (Å²) in [5.74, 6) is -1.06. The minimum Gasteiger partial charge on any atom is -0.457 e. The Balaban J connectivity index is 2.02. The molecule has 0 N–H and O–H groups in total. The van der Waals surface area contributed by atoms with E-state index in [-0.39, 0.29) is 11.3 Å². The lowest BCUT2D eigenvalue weighted by Crippen LogP contribution is -2.44. The predicted octanol–water partition coefficient (Wildman–Crippen LogP) is 2.00. The van der Waals surface area contributed by atoms with E-state index in [1.54, 1.807) is 13.8 Å². The Morgan fingerprint density at radius 3 is 2.52 bits per heavy atom. The number of hydrogen-bond donors (Lipinski definition) is 1. The van der Waals surface area contributed by atoms with Crippen molar-refractivity contribution in [1.29, 1.82) is 0 Å². The first-order valence-electron chi connectivity index (χ1n) is 8.73. The number of hydrogen-bond acceptors (Lipinski definition) is 7. The Hall–Kier alpha value is -1.15. The van der Waals surface area contributed by atoms with Gasteiger partial charge in [0.2, 0.25) is 0 Å². The summed E-state index contributed by atoms with van der Waals surface area (Å²) in [6, 6.07) is 0. The zero-order valence-corrected chi connectivity index (χ0v) is 16.3. The first-order chi connectivity index (χ1) is 11.5. The molecule has 0 aliphatic heterocycles. The van der Waals surface area contributed by atoms with Gasteiger partial charge in [-0.15, -0.1) is 0 Å². The van der Waals surface area contributed by atoms with Gasteiger partial charge in [0.15, 0.2) is 6.10 Å². The molecule has 7 nitrogen and oxygen atoms in total. The van der Waals surface area contributed by atoms with Crippen LogP contribution >= 0.6 is 0 Å². The van der Waals surface area contributed by atoms with Gasteiger partial charge in [0.25, 0.3) is 11.0 Å². The maximum Gasteiger partial charge on any atom is 0.347 e. The highest BCUT2D eigenvalue weighted by Gasteiger charge is 2.58. The van der Waals surface area contributed by atoms with Gasteiger partial charge in [-0.3, -0.25) is 8.98 Å². The van der Waals surface area contributed by atoms with Crippen molar-refractivity contribution in [2.75, 3.05) is 0 Å². The van der Waals surface area contributed by atoms with Gasteiger partial charge in [0, 0.05) is 0 Å². The van der Waals surface area contributed by atoms with E-state index in [9.17, 15) is 18.0 Å². The minimum atomic E-state index is -3.03. The molecular weight excluding hydrogens is 348 g/mol. The second-order valence-corrected chi connectivity index (χ2v) is 8.75. The Labute approximate surface area is 150 Å². The van der Waals surface area contributed by atoms with Crippen LogP contribution in [-0.4, -0.2) is 38.7 Å². The predicted molar refractivity (Wildman–Crippen MR) is 90.1 cm³/mol. The van der Waals surface area contributed by atoms with Crippen molar-refractivity contribution in [2.24, 2.45) is 16.7 Å². The third-order valence-electron chi connectivity index (χ3n) is 5.77. The van der Waals surface area contributed by atoms with Crippen molar-refractivity contribution in [3.05, 3.63) is 0 Å². The molecule has 0 aromatic carbocycles. The van der Waals surface area contributed by atoms with Crippen LogP contribution in [0.15, 0.2) is 0 Å². The average molecular weight is 376 g/mol. The van der Waals surface area contributed by atoms with Crippen LogP contribution in [-0.2, 0) is 34.2 Å². The number of carbonyl (C=O) groups excluding carboxylic acids is 2. The molecule has 8 heteroatoms. The van der Waals surface area contributed by atoms with Gasteiger partial charge in [0.05, 0.1) is 5.41 Å². The molecule has 2 fully saturated rings. The molecule has 2 bridgehead atoms. The topological polar surface area (TPSA) is 96.0 Å². The molecule has 0 amide bonds. The first kappa shape index (κ1) is 20.2. The van der Waals surface area contributed by atoms with E-state index in [2.05, 4.69) is 0 Å². The molecule has 0 heterocycles. The van der Waals surface area contributed by atoms with Crippen LogP contribution in [0.5, 0.6) is 0 Å². The first-order valence-corrected chi connectivity index (χ1v) is 9.82. The summed E-state index contributed by atoms with van der Waals surface area (Å²) in [4.78, 5) is 24.5. The summed E-state index contributed by atoms with van der Waals surface area (Å²) < 4.78 is 37.9. The van der Waals surface area contributed by atoms with Gasteiger partial charge in [-0.2, -0.15) is 0 Å². The normalized spacial score (nSPS) is 32.6. The second-order valence-electron chi connectivity index (χ2n) is 8.09. The van der Waals surface area contributed by atoms with Crippen LogP contribution in [0.25, 0.3) is 0 Å².